The van der Waals surface area contributed by atoms with E-state index < -0.39 is 17.7 Å². The summed E-state index contributed by atoms with van der Waals surface area (Å²) in [5.74, 6) is -0.815. The Labute approximate surface area is 210 Å². The Morgan fingerprint density at radius 1 is 1.09 bits per heavy atom. The minimum atomic E-state index is -0.662. The van der Waals surface area contributed by atoms with Crippen molar-refractivity contribution in [2.24, 2.45) is 0 Å². The molecule has 0 radical (unpaired) electrons. The first-order chi connectivity index (χ1) is 16.4. The van der Waals surface area contributed by atoms with Crippen LogP contribution in [0.4, 0.5) is 0 Å². The number of nitrogens with zero attached hydrogens (tertiary/aromatic N) is 2. The molecule has 0 bridgehead atoms. The van der Waals surface area contributed by atoms with E-state index in [0.29, 0.717) is 24.5 Å². The van der Waals surface area contributed by atoms with Gasteiger partial charge >= 0.3 is 0 Å². The third-order valence-corrected chi connectivity index (χ3v) is 6.55. The molecule has 1 unspecified atom stereocenters. The van der Waals surface area contributed by atoms with Gasteiger partial charge in [0.15, 0.2) is 0 Å². The maximum absolute atomic E-state index is 13.2. The van der Waals surface area contributed by atoms with Gasteiger partial charge in [-0.3, -0.25) is 9.59 Å². The number of ether oxygens (including phenoxy) is 1. The van der Waals surface area contributed by atoms with Crippen LogP contribution < -0.4 is 4.74 Å². The summed E-state index contributed by atoms with van der Waals surface area (Å²) < 4.78 is 6.54. The van der Waals surface area contributed by atoms with Crippen molar-refractivity contribution in [3.05, 3.63) is 69.7 Å². The van der Waals surface area contributed by atoms with Crippen LogP contribution in [0.3, 0.4) is 0 Å². The predicted molar refractivity (Wildman–Crippen MR) is 138 cm³/mol. The second-order valence-electron chi connectivity index (χ2n) is 8.30. The van der Waals surface area contributed by atoms with E-state index in [4.69, 9.17) is 4.74 Å². The maximum atomic E-state index is 13.2. The number of hydrogen-bond donors (Lipinski definition) is 1. The molecule has 1 saturated heterocycles. The molecule has 34 heavy (non-hydrogen) atoms. The Morgan fingerprint density at radius 3 is 2.50 bits per heavy atom. The van der Waals surface area contributed by atoms with Gasteiger partial charge in [0, 0.05) is 16.6 Å². The van der Waals surface area contributed by atoms with Crippen LogP contribution in [-0.2, 0) is 9.59 Å². The number of rotatable bonds is 11. The molecule has 2 aromatic rings. The number of Topliss-reactive ketones (excluding diaryl/α,β-unsaturated/α-hetero) is 1. The number of amides is 1. The third-order valence-electron chi connectivity index (χ3n) is 6.05. The summed E-state index contributed by atoms with van der Waals surface area (Å²) in [6, 6.07) is 13.9. The van der Waals surface area contributed by atoms with Crippen molar-refractivity contribution in [1.29, 1.82) is 0 Å². The Kier molecular flexibility index (Phi) is 9.30. The number of benzene rings is 2. The summed E-state index contributed by atoms with van der Waals surface area (Å²) >= 11 is 3.50. The van der Waals surface area contributed by atoms with E-state index in [1.165, 1.54) is 0 Å². The molecule has 6 nitrogen and oxygen atoms in total. The molecular formula is C27H33BrN2O4. The lowest BCUT2D eigenvalue weighted by molar-refractivity contribution is -0.140. The number of carbonyl (C=O) groups is 2. The van der Waals surface area contributed by atoms with Gasteiger partial charge in [-0.25, -0.2) is 0 Å². The quantitative estimate of drug-likeness (QED) is 0.240. The van der Waals surface area contributed by atoms with Crippen LogP contribution in [-0.4, -0.2) is 59.4 Å². The lowest BCUT2D eigenvalue weighted by atomic mass is 9.95. The normalized spacial score (nSPS) is 17.6. The SMILES string of the molecule is CCCOc1cccc(C(O)=C2C(=O)C(=O)N(CCCN(CC)CC)C2c2cccc(Br)c2)c1. The Hall–Kier alpha value is -2.64. The van der Waals surface area contributed by atoms with Crippen LogP contribution in [0.1, 0.15) is 50.8 Å². The molecule has 0 aromatic heterocycles. The minimum Gasteiger partial charge on any atom is -0.507 e. The zero-order chi connectivity index (χ0) is 24.7. The van der Waals surface area contributed by atoms with Crippen molar-refractivity contribution < 1.29 is 19.4 Å². The van der Waals surface area contributed by atoms with Gasteiger partial charge in [-0.1, -0.05) is 61.0 Å². The van der Waals surface area contributed by atoms with Gasteiger partial charge in [0.1, 0.15) is 11.5 Å². The Morgan fingerprint density at radius 2 is 1.82 bits per heavy atom. The molecule has 1 heterocycles. The van der Waals surface area contributed by atoms with Gasteiger partial charge in [-0.15, -0.1) is 0 Å². The van der Waals surface area contributed by atoms with Gasteiger partial charge in [-0.2, -0.15) is 0 Å². The van der Waals surface area contributed by atoms with Gasteiger partial charge in [0.05, 0.1) is 18.2 Å². The van der Waals surface area contributed by atoms with E-state index in [1.807, 2.05) is 37.3 Å². The average Bonchev–Trinajstić information content (AvgIpc) is 3.10. The van der Waals surface area contributed by atoms with Crippen LogP contribution in [0.2, 0.25) is 0 Å². The third kappa shape index (κ3) is 5.88. The molecule has 1 aliphatic heterocycles. The minimum absolute atomic E-state index is 0.110. The molecular weight excluding hydrogens is 496 g/mol. The molecule has 0 saturated carbocycles. The number of hydrogen-bond acceptors (Lipinski definition) is 5. The summed E-state index contributed by atoms with van der Waals surface area (Å²) in [6.45, 7) is 9.90. The summed E-state index contributed by atoms with van der Waals surface area (Å²) in [4.78, 5) is 30.2. The zero-order valence-electron chi connectivity index (χ0n) is 20.1. The molecule has 1 N–H and O–H groups in total. The van der Waals surface area contributed by atoms with Crippen molar-refractivity contribution in [1.82, 2.24) is 9.80 Å². The summed E-state index contributed by atoms with van der Waals surface area (Å²) in [5, 5.41) is 11.3. The molecule has 182 valence electrons. The number of aliphatic hydroxyl groups excluding tert-OH is 1. The Balaban J connectivity index is 2.02. The fourth-order valence-corrected chi connectivity index (χ4v) is 4.66. The topological polar surface area (TPSA) is 70.1 Å². The van der Waals surface area contributed by atoms with E-state index in [-0.39, 0.29) is 11.3 Å². The van der Waals surface area contributed by atoms with E-state index in [1.54, 1.807) is 23.1 Å². The zero-order valence-corrected chi connectivity index (χ0v) is 21.7. The lowest BCUT2D eigenvalue weighted by Crippen LogP contribution is -2.33. The van der Waals surface area contributed by atoms with Crippen molar-refractivity contribution in [3.8, 4) is 5.75 Å². The molecule has 2 aromatic carbocycles. The summed E-state index contributed by atoms with van der Waals surface area (Å²) in [7, 11) is 0. The fraction of sp³-hybridized carbons (Fsp3) is 0.407. The highest BCUT2D eigenvalue weighted by molar-refractivity contribution is 9.10. The number of halogens is 1. The van der Waals surface area contributed by atoms with E-state index >= 15 is 0 Å². The van der Waals surface area contributed by atoms with Crippen LogP contribution >= 0.6 is 15.9 Å². The number of aliphatic hydroxyl groups is 1. The first-order valence-corrected chi connectivity index (χ1v) is 12.7. The molecule has 1 amide bonds. The van der Waals surface area contributed by atoms with Crippen LogP contribution in [0.5, 0.6) is 5.75 Å². The summed E-state index contributed by atoms with van der Waals surface area (Å²) in [6.07, 6.45) is 1.59. The first kappa shape index (κ1) is 26.0. The molecule has 3 rings (SSSR count). The maximum Gasteiger partial charge on any atom is 0.295 e. The Bertz CT molecular complexity index is 1050. The van der Waals surface area contributed by atoms with Crippen LogP contribution in [0, 0.1) is 0 Å². The predicted octanol–water partition coefficient (Wildman–Crippen LogP) is 5.39. The highest BCUT2D eigenvalue weighted by Crippen LogP contribution is 2.40. The standard InChI is InChI=1S/C27H33BrN2O4/c1-4-16-34-22-13-8-11-20(18-22)25(31)23-24(19-10-7-12-21(28)17-19)30(27(33)26(23)32)15-9-14-29(5-2)6-3/h7-8,10-13,17-18,24,31H,4-6,9,14-16H2,1-3H3. The van der Waals surface area contributed by atoms with Crippen molar-refractivity contribution in [3.63, 3.8) is 0 Å². The van der Waals surface area contributed by atoms with Gasteiger partial charge in [0.2, 0.25) is 0 Å². The average molecular weight is 529 g/mol. The second-order valence-corrected chi connectivity index (χ2v) is 9.22. The number of ketones is 1. The van der Waals surface area contributed by atoms with E-state index in [0.717, 1.165) is 42.5 Å². The molecule has 1 aliphatic rings. The molecule has 0 aliphatic carbocycles. The van der Waals surface area contributed by atoms with E-state index in [9.17, 15) is 14.7 Å². The van der Waals surface area contributed by atoms with Crippen molar-refractivity contribution >= 4 is 33.4 Å². The van der Waals surface area contributed by atoms with Crippen molar-refractivity contribution in [2.45, 2.75) is 39.7 Å². The largest absolute Gasteiger partial charge is 0.507 e. The lowest BCUT2D eigenvalue weighted by Gasteiger charge is -2.27. The highest BCUT2D eigenvalue weighted by atomic mass is 79.9. The van der Waals surface area contributed by atoms with Crippen molar-refractivity contribution in [2.75, 3.05) is 32.8 Å². The van der Waals surface area contributed by atoms with Crippen LogP contribution in [0.15, 0.2) is 58.6 Å². The molecule has 1 fully saturated rings. The summed E-state index contributed by atoms with van der Waals surface area (Å²) in [5.41, 5.74) is 1.34. The molecule has 7 heteroatoms. The van der Waals surface area contributed by atoms with E-state index in [2.05, 4.69) is 34.7 Å². The fourth-order valence-electron chi connectivity index (χ4n) is 4.25. The monoisotopic (exact) mass is 528 g/mol. The highest BCUT2D eigenvalue weighted by Gasteiger charge is 2.45. The van der Waals surface area contributed by atoms with Gasteiger partial charge in [0.25, 0.3) is 11.7 Å². The number of carbonyl (C=O) groups excluding carboxylic acids is 2. The smallest absolute Gasteiger partial charge is 0.295 e. The molecule has 1 atom stereocenters. The molecule has 0 spiro atoms. The second kappa shape index (κ2) is 12.2. The van der Waals surface area contributed by atoms with Crippen LogP contribution in [0.25, 0.3) is 5.76 Å². The van der Waals surface area contributed by atoms with Gasteiger partial charge < -0.3 is 19.6 Å². The number of likely N-dealkylation sites (tertiary alicyclic amines) is 1. The first-order valence-electron chi connectivity index (χ1n) is 11.9. The van der Waals surface area contributed by atoms with Gasteiger partial charge in [-0.05, 0) is 62.3 Å².